The lowest BCUT2D eigenvalue weighted by Gasteiger charge is -2.34. The van der Waals surface area contributed by atoms with Crippen LogP contribution in [0.1, 0.15) is 24.7 Å². The van der Waals surface area contributed by atoms with Gasteiger partial charge in [0, 0.05) is 24.0 Å². The Morgan fingerprint density at radius 3 is 2.88 bits per heavy atom. The van der Waals surface area contributed by atoms with Gasteiger partial charge in [-0.1, -0.05) is 6.92 Å². The van der Waals surface area contributed by atoms with E-state index in [1.54, 1.807) is 6.07 Å². The van der Waals surface area contributed by atoms with Gasteiger partial charge in [-0.05, 0) is 37.5 Å². The van der Waals surface area contributed by atoms with Crippen molar-refractivity contribution in [3.8, 4) is 0 Å². The second-order valence-electron chi connectivity index (χ2n) is 6.73. The molecule has 1 aliphatic rings. The van der Waals surface area contributed by atoms with Crippen LogP contribution < -0.4 is 5.32 Å². The van der Waals surface area contributed by atoms with Gasteiger partial charge in [-0.3, -0.25) is 4.79 Å². The minimum Gasteiger partial charge on any atom is -0.481 e. The van der Waals surface area contributed by atoms with Crippen molar-refractivity contribution >= 4 is 23.0 Å². The molecule has 2 amide bonds. The number of carbonyl (C=O) groups is 2. The number of aliphatic carboxylic acids is 1. The number of aryl methyl sites for hydroxylation is 1. The number of likely N-dealkylation sites (tertiary alicyclic amines) is 1. The number of nitrogens with one attached hydrogen (secondary N) is 1. The van der Waals surface area contributed by atoms with Crippen LogP contribution in [0.3, 0.4) is 0 Å². The number of carboxylic acids is 1. The third kappa shape index (κ3) is 3.60. The fourth-order valence-corrected chi connectivity index (χ4v) is 3.38. The Labute approximate surface area is 144 Å². The van der Waals surface area contributed by atoms with E-state index in [9.17, 15) is 19.1 Å². The number of rotatable bonds is 3. The molecule has 1 saturated heterocycles. The molecule has 0 bridgehead atoms. The van der Waals surface area contributed by atoms with Crippen molar-refractivity contribution in [3.05, 3.63) is 35.3 Å². The molecule has 6 nitrogen and oxygen atoms in total. The number of carboxylic acid groups (broad SMARTS) is 1. The highest BCUT2D eigenvalue weighted by molar-refractivity contribution is 5.82. The van der Waals surface area contributed by atoms with Gasteiger partial charge in [0.1, 0.15) is 17.2 Å². The lowest BCUT2D eigenvalue weighted by atomic mass is 9.91. The maximum absolute atomic E-state index is 13.4. The highest BCUT2D eigenvalue weighted by Crippen LogP contribution is 2.26. The molecule has 1 aromatic heterocycles. The van der Waals surface area contributed by atoms with E-state index in [0.29, 0.717) is 29.7 Å². The average molecular weight is 348 g/mol. The van der Waals surface area contributed by atoms with E-state index in [1.165, 1.54) is 17.0 Å². The molecule has 0 saturated carbocycles. The fourth-order valence-electron chi connectivity index (χ4n) is 3.38. The maximum atomic E-state index is 13.4. The molecule has 2 N–H and O–H groups in total. The second kappa shape index (κ2) is 6.74. The van der Waals surface area contributed by atoms with E-state index in [-0.39, 0.29) is 30.9 Å². The van der Waals surface area contributed by atoms with E-state index in [1.807, 2.05) is 13.8 Å². The van der Waals surface area contributed by atoms with Gasteiger partial charge in [0.15, 0.2) is 0 Å². The van der Waals surface area contributed by atoms with Gasteiger partial charge in [-0.25, -0.2) is 9.18 Å². The Kier molecular flexibility index (Phi) is 4.65. The minimum atomic E-state index is -0.875. The summed E-state index contributed by atoms with van der Waals surface area (Å²) in [7, 11) is 0. The number of urea groups is 1. The largest absolute Gasteiger partial charge is 0.481 e. The normalized spacial score (nSPS) is 20.7. The molecule has 1 fully saturated rings. The molecular weight excluding hydrogens is 327 g/mol. The highest BCUT2D eigenvalue weighted by Gasteiger charge is 2.31. The second-order valence-corrected chi connectivity index (χ2v) is 6.73. The van der Waals surface area contributed by atoms with Crippen molar-refractivity contribution in [3.63, 3.8) is 0 Å². The molecule has 0 aliphatic carbocycles. The summed E-state index contributed by atoms with van der Waals surface area (Å²) in [6, 6.07) is 3.98. The van der Waals surface area contributed by atoms with E-state index < -0.39 is 11.9 Å². The number of hydrogen-bond donors (Lipinski definition) is 2. The van der Waals surface area contributed by atoms with Crippen molar-refractivity contribution in [2.75, 3.05) is 13.1 Å². The van der Waals surface area contributed by atoms with Crippen molar-refractivity contribution < 1.29 is 23.5 Å². The molecule has 25 heavy (non-hydrogen) atoms. The first kappa shape index (κ1) is 17.3. The van der Waals surface area contributed by atoms with Gasteiger partial charge in [0.25, 0.3) is 0 Å². The number of halogens is 1. The van der Waals surface area contributed by atoms with E-state index in [0.717, 1.165) is 5.56 Å². The van der Waals surface area contributed by atoms with Crippen LogP contribution in [0.4, 0.5) is 9.18 Å². The lowest BCUT2D eigenvalue weighted by Crippen LogP contribution is -2.49. The van der Waals surface area contributed by atoms with Crippen LogP contribution in [-0.2, 0) is 11.3 Å². The molecule has 1 aromatic carbocycles. The number of nitrogens with zero attached hydrogens (tertiary/aromatic N) is 1. The summed E-state index contributed by atoms with van der Waals surface area (Å²) < 4.78 is 19.0. The molecule has 7 heteroatoms. The van der Waals surface area contributed by atoms with Gasteiger partial charge >= 0.3 is 12.0 Å². The number of furan rings is 1. The molecule has 0 radical (unpaired) electrons. The van der Waals surface area contributed by atoms with Crippen LogP contribution in [0.2, 0.25) is 0 Å². The Morgan fingerprint density at radius 1 is 1.40 bits per heavy atom. The molecule has 134 valence electrons. The minimum absolute atomic E-state index is 0.136. The quantitative estimate of drug-likeness (QED) is 0.893. The van der Waals surface area contributed by atoms with E-state index in [2.05, 4.69) is 5.32 Å². The predicted molar refractivity (Wildman–Crippen MR) is 89.6 cm³/mol. The van der Waals surface area contributed by atoms with Gasteiger partial charge in [-0.2, -0.15) is 0 Å². The first-order valence-electron chi connectivity index (χ1n) is 8.28. The Balaban J connectivity index is 1.68. The summed E-state index contributed by atoms with van der Waals surface area (Å²) in [6.45, 7) is 4.66. The molecule has 3 rings (SSSR count). The summed E-state index contributed by atoms with van der Waals surface area (Å²) in [5.41, 5.74) is 1.35. The number of hydrogen-bond acceptors (Lipinski definition) is 3. The summed E-state index contributed by atoms with van der Waals surface area (Å²) in [5, 5.41) is 12.7. The van der Waals surface area contributed by atoms with Gasteiger partial charge in [0.05, 0.1) is 12.5 Å². The number of piperidine rings is 1. The molecule has 2 aromatic rings. The standard InChI is InChI=1S/C18H21FN2O4/c1-10-5-12(17(22)23)9-21(8-10)18(24)20-7-16-11(2)14-6-13(19)3-4-15(14)25-16/h3-4,6,10,12H,5,7-9H2,1-2H3,(H,20,24)(H,22,23). The van der Waals surface area contributed by atoms with Crippen molar-refractivity contribution in [2.45, 2.75) is 26.8 Å². The fraction of sp³-hybridized carbons (Fsp3) is 0.444. The van der Waals surface area contributed by atoms with Crippen molar-refractivity contribution in [2.24, 2.45) is 11.8 Å². The zero-order valence-corrected chi connectivity index (χ0v) is 14.2. The summed E-state index contributed by atoms with van der Waals surface area (Å²) >= 11 is 0. The third-order valence-electron chi connectivity index (χ3n) is 4.69. The van der Waals surface area contributed by atoms with Crippen LogP contribution in [0.15, 0.2) is 22.6 Å². The molecule has 1 aliphatic heterocycles. The van der Waals surface area contributed by atoms with Crippen LogP contribution in [0, 0.1) is 24.6 Å². The average Bonchev–Trinajstić information content (AvgIpc) is 2.88. The zero-order chi connectivity index (χ0) is 18.1. The van der Waals surface area contributed by atoms with Crippen LogP contribution in [-0.4, -0.2) is 35.1 Å². The first-order valence-corrected chi connectivity index (χ1v) is 8.28. The van der Waals surface area contributed by atoms with Crippen LogP contribution in [0.25, 0.3) is 11.0 Å². The van der Waals surface area contributed by atoms with E-state index >= 15 is 0 Å². The highest BCUT2D eigenvalue weighted by atomic mass is 19.1. The van der Waals surface area contributed by atoms with E-state index in [4.69, 9.17) is 4.42 Å². The zero-order valence-electron chi connectivity index (χ0n) is 14.2. The first-order chi connectivity index (χ1) is 11.8. The number of amides is 2. The number of fused-ring (bicyclic) bond motifs is 1. The smallest absolute Gasteiger partial charge is 0.317 e. The summed E-state index contributed by atoms with van der Waals surface area (Å²) in [4.78, 5) is 25.1. The van der Waals surface area contributed by atoms with Gasteiger partial charge in [-0.15, -0.1) is 0 Å². The molecular formula is C18H21FN2O4. The van der Waals surface area contributed by atoms with Gasteiger partial charge in [0.2, 0.25) is 0 Å². The Hall–Kier alpha value is -2.57. The SMILES string of the molecule is Cc1c(CNC(=O)N2CC(C)CC(C(=O)O)C2)oc2ccc(F)cc12. The van der Waals surface area contributed by atoms with Crippen molar-refractivity contribution in [1.82, 2.24) is 10.2 Å². The third-order valence-corrected chi connectivity index (χ3v) is 4.69. The Morgan fingerprint density at radius 2 is 2.16 bits per heavy atom. The summed E-state index contributed by atoms with van der Waals surface area (Å²) in [5.74, 6) is -1.05. The predicted octanol–water partition coefficient (Wildman–Crippen LogP) is 3.13. The molecule has 2 unspecified atom stereocenters. The number of benzene rings is 1. The monoisotopic (exact) mass is 348 g/mol. The molecule has 2 atom stereocenters. The van der Waals surface area contributed by atoms with Crippen LogP contribution in [0.5, 0.6) is 0 Å². The van der Waals surface area contributed by atoms with Gasteiger partial charge < -0.3 is 19.7 Å². The topological polar surface area (TPSA) is 82.8 Å². The lowest BCUT2D eigenvalue weighted by molar-refractivity contribution is -0.143. The Bertz CT molecular complexity index is 817. The molecule has 0 spiro atoms. The van der Waals surface area contributed by atoms with Crippen LogP contribution >= 0.6 is 0 Å². The van der Waals surface area contributed by atoms with Crippen molar-refractivity contribution in [1.29, 1.82) is 0 Å². The summed E-state index contributed by atoms with van der Waals surface area (Å²) in [6.07, 6.45) is 0.577. The molecule has 2 heterocycles. The maximum Gasteiger partial charge on any atom is 0.317 e. The number of carbonyl (C=O) groups excluding carboxylic acids is 1.